The average molecular weight is 269 g/mol. The van der Waals surface area contributed by atoms with Gasteiger partial charge in [-0.2, -0.15) is 0 Å². The maximum Gasteiger partial charge on any atom is 0.355 e. The van der Waals surface area contributed by atoms with Crippen molar-refractivity contribution < 1.29 is 9.90 Å². The molecule has 0 aliphatic carbocycles. The highest BCUT2D eigenvalue weighted by molar-refractivity contribution is 7.15. The molecule has 2 rings (SSSR count). The summed E-state index contributed by atoms with van der Waals surface area (Å²) < 4.78 is 0. The lowest BCUT2D eigenvalue weighted by Crippen LogP contribution is -2.55. The zero-order valence-corrected chi connectivity index (χ0v) is 12.0. The van der Waals surface area contributed by atoms with Gasteiger partial charge in [0.1, 0.15) is 0 Å². The molecular weight excluding hydrogens is 250 g/mol. The molecule has 100 valence electrons. The molecule has 1 aromatic heterocycles. The maximum atomic E-state index is 11.0. The number of aromatic carboxylic acids is 1. The van der Waals surface area contributed by atoms with Gasteiger partial charge >= 0.3 is 5.97 Å². The van der Waals surface area contributed by atoms with Gasteiger partial charge in [-0.25, -0.2) is 9.78 Å². The Balaban J connectivity index is 2.22. The lowest BCUT2D eigenvalue weighted by Gasteiger charge is -2.42. The van der Waals surface area contributed by atoms with Crippen LogP contribution in [0.5, 0.6) is 0 Å². The third kappa shape index (κ3) is 2.35. The summed E-state index contributed by atoms with van der Waals surface area (Å²) in [6.07, 6.45) is 0. The van der Waals surface area contributed by atoms with Crippen LogP contribution < -0.4 is 4.90 Å². The Hall–Kier alpha value is -1.14. The summed E-state index contributed by atoms with van der Waals surface area (Å²) in [6.45, 7) is 7.97. The van der Waals surface area contributed by atoms with Gasteiger partial charge in [0.25, 0.3) is 0 Å². The molecule has 0 spiro atoms. The summed E-state index contributed by atoms with van der Waals surface area (Å²) in [4.78, 5) is 20.6. The van der Waals surface area contributed by atoms with Crippen LogP contribution in [-0.2, 0) is 0 Å². The van der Waals surface area contributed by atoms with Crippen molar-refractivity contribution in [3.05, 3.63) is 10.6 Å². The van der Waals surface area contributed by atoms with Gasteiger partial charge in [-0.3, -0.25) is 4.90 Å². The molecule has 1 N–H and O–H groups in total. The SMILES string of the molecule is Cc1sc(N2CC(C)N(C)C(C)C2)nc1C(=O)O. The van der Waals surface area contributed by atoms with Crippen LogP contribution in [-0.4, -0.2) is 53.2 Å². The number of hydrogen-bond acceptors (Lipinski definition) is 5. The minimum Gasteiger partial charge on any atom is -0.476 e. The summed E-state index contributed by atoms with van der Waals surface area (Å²) in [5.74, 6) is -0.940. The number of likely N-dealkylation sites (N-methyl/N-ethyl adjacent to an activating group) is 1. The van der Waals surface area contributed by atoms with E-state index in [9.17, 15) is 4.79 Å². The van der Waals surface area contributed by atoms with E-state index in [0.717, 1.165) is 23.1 Å². The molecule has 0 amide bonds. The number of nitrogens with zero attached hydrogens (tertiary/aromatic N) is 3. The van der Waals surface area contributed by atoms with Crippen molar-refractivity contribution in [1.82, 2.24) is 9.88 Å². The van der Waals surface area contributed by atoms with Crippen molar-refractivity contribution in [1.29, 1.82) is 0 Å². The van der Waals surface area contributed by atoms with Crippen LogP contribution in [0.15, 0.2) is 0 Å². The Bertz CT molecular complexity index is 448. The van der Waals surface area contributed by atoms with Crippen molar-refractivity contribution in [3.63, 3.8) is 0 Å². The standard InChI is InChI=1S/C12H19N3O2S/c1-7-5-15(6-8(2)14(7)4)12-13-10(11(16)17)9(3)18-12/h7-8H,5-6H2,1-4H3,(H,16,17). The minimum absolute atomic E-state index is 0.189. The molecule has 0 radical (unpaired) electrons. The van der Waals surface area contributed by atoms with Crippen LogP contribution in [0.3, 0.4) is 0 Å². The number of thiazole rings is 1. The van der Waals surface area contributed by atoms with Gasteiger partial charge in [0.2, 0.25) is 0 Å². The fourth-order valence-corrected chi connectivity index (χ4v) is 3.20. The second-order valence-electron chi connectivity index (χ2n) is 4.97. The molecule has 1 aliphatic heterocycles. The molecule has 0 bridgehead atoms. The molecule has 1 aliphatic rings. The van der Waals surface area contributed by atoms with Gasteiger partial charge in [-0.05, 0) is 27.8 Å². The zero-order chi connectivity index (χ0) is 13.4. The number of carboxylic acids is 1. The molecule has 6 heteroatoms. The fourth-order valence-electron chi connectivity index (χ4n) is 2.28. The van der Waals surface area contributed by atoms with Crippen molar-refractivity contribution in [2.75, 3.05) is 25.0 Å². The number of carboxylic acid groups (broad SMARTS) is 1. The predicted octanol–water partition coefficient (Wildman–Crippen LogP) is 1.68. The zero-order valence-electron chi connectivity index (χ0n) is 11.2. The van der Waals surface area contributed by atoms with E-state index in [2.05, 4.69) is 35.7 Å². The molecule has 0 aromatic carbocycles. The van der Waals surface area contributed by atoms with Crippen molar-refractivity contribution in [2.45, 2.75) is 32.9 Å². The minimum atomic E-state index is -0.940. The van der Waals surface area contributed by atoms with Gasteiger partial charge in [0, 0.05) is 30.1 Å². The van der Waals surface area contributed by atoms with Crippen molar-refractivity contribution >= 4 is 22.4 Å². The van der Waals surface area contributed by atoms with E-state index in [1.807, 2.05) is 6.92 Å². The van der Waals surface area contributed by atoms with E-state index in [-0.39, 0.29) is 5.69 Å². The first kappa shape index (κ1) is 13.3. The van der Waals surface area contributed by atoms with Crippen molar-refractivity contribution in [3.8, 4) is 0 Å². The molecular formula is C12H19N3O2S. The average Bonchev–Trinajstić information content (AvgIpc) is 2.67. The Labute approximate surface area is 111 Å². The topological polar surface area (TPSA) is 56.7 Å². The molecule has 18 heavy (non-hydrogen) atoms. The fraction of sp³-hybridized carbons (Fsp3) is 0.667. The number of anilines is 1. The molecule has 1 saturated heterocycles. The molecule has 2 unspecified atom stereocenters. The summed E-state index contributed by atoms with van der Waals surface area (Å²) in [6, 6.07) is 0.900. The second kappa shape index (κ2) is 4.85. The van der Waals surface area contributed by atoms with E-state index in [0.29, 0.717) is 12.1 Å². The second-order valence-corrected chi connectivity index (χ2v) is 6.16. The van der Waals surface area contributed by atoms with Gasteiger partial charge in [0.05, 0.1) is 0 Å². The smallest absolute Gasteiger partial charge is 0.355 e. The molecule has 1 fully saturated rings. The first-order chi connectivity index (χ1) is 8.40. The molecule has 2 heterocycles. The number of piperazine rings is 1. The third-order valence-corrected chi connectivity index (χ3v) is 4.65. The first-order valence-corrected chi connectivity index (χ1v) is 6.89. The first-order valence-electron chi connectivity index (χ1n) is 6.07. The van der Waals surface area contributed by atoms with Gasteiger partial charge in [0.15, 0.2) is 10.8 Å². The van der Waals surface area contributed by atoms with E-state index >= 15 is 0 Å². The van der Waals surface area contributed by atoms with E-state index in [1.54, 1.807) is 0 Å². The van der Waals surface area contributed by atoms with Crippen LogP contribution in [0, 0.1) is 6.92 Å². The van der Waals surface area contributed by atoms with Crippen LogP contribution in [0.25, 0.3) is 0 Å². The van der Waals surface area contributed by atoms with Gasteiger partial charge in [-0.15, -0.1) is 11.3 Å². The van der Waals surface area contributed by atoms with Crippen LogP contribution in [0.1, 0.15) is 29.2 Å². The molecule has 1 aromatic rings. The van der Waals surface area contributed by atoms with Gasteiger partial charge < -0.3 is 10.0 Å². The number of aromatic nitrogens is 1. The molecule has 2 atom stereocenters. The summed E-state index contributed by atoms with van der Waals surface area (Å²) in [5.41, 5.74) is 0.189. The summed E-state index contributed by atoms with van der Waals surface area (Å²) in [5, 5.41) is 9.87. The highest BCUT2D eigenvalue weighted by Crippen LogP contribution is 2.28. The Morgan fingerprint density at radius 3 is 2.39 bits per heavy atom. The molecule has 0 saturated carbocycles. The van der Waals surface area contributed by atoms with Crippen LogP contribution >= 0.6 is 11.3 Å². The lowest BCUT2D eigenvalue weighted by molar-refractivity contribution is 0.0690. The number of carbonyl (C=O) groups is 1. The quantitative estimate of drug-likeness (QED) is 0.885. The van der Waals surface area contributed by atoms with E-state index in [1.165, 1.54) is 11.3 Å². The van der Waals surface area contributed by atoms with Crippen LogP contribution in [0.2, 0.25) is 0 Å². The monoisotopic (exact) mass is 269 g/mol. The third-order valence-electron chi connectivity index (χ3n) is 3.62. The number of rotatable bonds is 2. The van der Waals surface area contributed by atoms with Crippen molar-refractivity contribution in [2.24, 2.45) is 0 Å². The Kier molecular flexibility index (Phi) is 3.59. The van der Waals surface area contributed by atoms with E-state index < -0.39 is 5.97 Å². The summed E-state index contributed by atoms with van der Waals surface area (Å²) >= 11 is 1.47. The van der Waals surface area contributed by atoms with E-state index in [4.69, 9.17) is 5.11 Å². The predicted molar refractivity (Wildman–Crippen MR) is 72.7 cm³/mol. The highest BCUT2D eigenvalue weighted by atomic mass is 32.1. The Morgan fingerprint density at radius 2 is 1.94 bits per heavy atom. The number of hydrogen-bond donors (Lipinski definition) is 1. The molecule has 5 nitrogen and oxygen atoms in total. The largest absolute Gasteiger partial charge is 0.476 e. The lowest BCUT2D eigenvalue weighted by atomic mass is 10.1. The number of aryl methyl sites for hydroxylation is 1. The maximum absolute atomic E-state index is 11.0. The summed E-state index contributed by atoms with van der Waals surface area (Å²) in [7, 11) is 2.13. The van der Waals surface area contributed by atoms with Crippen LogP contribution in [0.4, 0.5) is 5.13 Å². The van der Waals surface area contributed by atoms with Gasteiger partial charge in [-0.1, -0.05) is 0 Å². The normalized spacial score (nSPS) is 25.4. The Morgan fingerprint density at radius 1 is 1.39 bits per heavy atom. The highest BCUT2D eigenvalue weighted by Gasteiger charge is 2.29.